The first-order valence-corrected chi connectivity index (χ1v) is 7.14. The maximum absolute atomic E-state index is 10.3. The fraction of sp³-hybridized carbons (Fsp3) is 0.923. The summed E-state index contributed by atoms with van der Waals surface area (Å²) in [5.74, 6) is -0.646. The number of aliphatic hydroxyl groups excluding tert-OH is 2. The number of aliphatic hydroxyl groups is 2. The second-order valence-corrected chi connectivity index (χ2v) is 5.74. The van der Waals surface area contributed by atoms with Crippen LogP contribution in [0.1, 0.15) is 44.9 Å². The SMILES string of the molecule is O=C(O)CCCCCC[C@@H]1[C@@H](CO)[C@H](O)C[C@H]1Cl. The summed E-state index contributed by atoms with van der Waals surface area (Å²) in [6.07, 6.45) is 4.83. The zero-order valence-electron chi connectivity index (χ0n) is 10.6. The molecule has 0 bridgehead atoms. The molecule has 0 aliphatic heterocycles. The summed E-state index contributed by atoms with van der Waals surface area (Å²) in [5, 5.41) is 27.4. The van der Waals surface area contributed by atoms with Gasteiger partial charge in [-0.1, -0.05) is 19.3 Å². The van der Waals surface area contributed by atoms with Crippen LogP contribution in [0.4, 0.5) is 0 Å². The number of unbranched alkanes of at least 4 members (excludes halogenated alkanes) is 3. The van der Waals surface area contributed by atoms with Crippen LogP contribution in [0.25, 0.3) is 0 Å². The Morgan fingerprint density at radius 1 is 1.17 bits per heavy atom. The van der Waals surface area contributed by atoms with Crippen molar-refractivity contribution in [3.63, 3.8) is 0 Å². The average Bonchev–Trinajstić information content (AvgIpc) is 2.57. The summed E-state index contributed by atoms with van der Waals surface area (Å²) in [5.41, 5.74) is 0. The molecule has 3 N–H and O–H groups in total. The summed E-state index contributed by atoms with van der Waals surface area (Å²) >= 11 is 6.18. The lowest BCUT2D eigenvalue weighted by molar-refractivity contribution is -0.137. The molecule has 5 heteroatoms. The number of hydrogen-bond donors (Lipinski definition) is 3. The molecule has 1 rings (SSSR count). The zero-order chi connectivity index (χ0) is 13.5. The van der Waals surface area contributed by atoms with Crippen molar-refractivity contribution in [3.8, 4) is 0 Å². The number of rotatable bonds is 8. The normalized spacial score (nSPS) is 31.7. The molecule has 1 fully saturated rings. The molecule has 4 atom stereocenters. The molecule has 0 saturated heterocycles. The molecular weight excluding hydrogens is 256 g/mol. The number of halogens is 1. The van der Waals surface area contributed by atoms with E-state index in [0.717, 1.165) is 32.1 Å². The number of hydrogen-bond acceptors (Lipinski definition) is 3. The van der Waals surface area contributed by atoms with Crippen LogP contribution in [0.3, 0.4) is 0 Å². The summed E-state index contributed by atoms with van der Waals surface area (Å²) in [6, 6.07) is 0. The molecule has 0 aromatic heterocycles. The molecular formula is C13H23ClO4. The van der Waals surface area contributed by atoms with Crippen molar-refractivity contribution >= 4 is 17.6 Å². The second-order valence-electron chi connectivity index (χ2n) is 5.18. The summed E-state index contributed by atoms with van der Waals surface area (Å²) in [4.78, 5) is 10.3. The lowest BCUT2D eigenvalue weighted by Gasteiger charge is -2.21. The van der Waals surface area contributed by atoms with Crippen LogP contribution >= 0.6 is 11.6 Å². The highest BCUT2D eigenvalue weighted by Gasteiger charge is 2.40. The first-order chi connectivity index (χ1) is 8.56. The fourth-order valence-electron chi connectivity index (χ4n) is 2.80. The molecule has 0 heterocycles. The highest BCUT2D eigenvalue weighted by atomic mass is 35.5. The molecule has 0 spiro atoms. The lowest BCUT2D eigenvalue weighted by atomic mass is 9.90. The van der Waals surface area contributed by atoms with Gasteiger partial charge in [0.25, 0.3) is 0 Å². The summed E-state index contributed by atoms with van der Waals surface area (Å²) < 4.78 is 0. The summed E-state index contributed by atoms with van der Waals surface area (Å²) in [7, 11) is 0. The molecule has 1 aliphatic rings. The van der Waals surface area contributed by atoms with Crippen LogP contribution < -0.4 is 0 Å². The van der Waals surface area contributed by atoms with E-state index in [0.29, 0.717) is 6.42 Å². The standard InChI is InChI=1S/C13H23ClO4/c14-11-7-12(16)10(8-15)9(11)5-3-1-2-4-6-13(17)18/h9-12,15-16H,1-8H2,(H,17,18)/t9-,10-,11-,12-/m1/s1. The maximum atomic E-state index is 10.3. The van der Waals surface area contributed by atoms with E-state index in [1.54, 1.807) is 0 Å². The molecule has 0 unspecified atom stereocenters. The van der Waals surface area contributed by atoms with Crippen LogP contribution in [0.15, 0.2) is 0 Å². The Hall–Kier alpha value is -0.320. The van der Waals surface area contributed by atoms with Gasteiger partial charge in [0.1, 0.15) is 0 Å². The van der Waals surface area contributed by atoms with E-state index < -0.39 is 12.1 Å². The topological polar surface area (TPSA) is 77.8 Å². The van der Waals surface area contributed by atoms with Crippen LogP contribution in [0.5, 0.6) is 0 Å². The third-order valence-corrected chi connectivity index (χ3v) is 4.37. The van der Waals surface area contributed by atoms with Crippen molar-refractivity contribution in [2.24, 2.45) is 11.8 Å². The third-order valence-electron chi connectivity index (χ3n) is 3.86. The minimum atomic E-state index is -0.741. The average molecular weight is 279 g/mol. The Balaban J connectivity index is 2.16. The van der Waals surface area contributed by atoms with Crippen LogP contribution in [0.2, 0.25) is 0 Å². The van der Waals surface area contributed by atoms with Crippen LogP contribution in [-0.4, -0.2) is 39.4 Å². The first-order valence-electron chi connectivity index (χ1n) is 6.71. The van der Waals surface area contributed by atoms with E-state index in [1.807, 2.05) is 0 Å². The van der Waals surface area contributed by atoms with Gasteiger partial charge < -0.3 is 15.3 Å². The van der Waals surface area contributed by atoms with Gasteiger partial charge in [-0.25, -0.2) is 0 Å². The Labute approximate surface area is 113 Å². The van der Waals surface area contributed by atoms with E-state index in [1.165, 1.54) is 0 Å². The van der Waals surface area contributed by atoms with Crippen LogP contribution in [0, 0.1) is 11.8 Å². The highest BCUT2D eigenvalue weighted by molar-refractivity contribution is 6.21. The van der Waals surface area contributed by atoms with Gasteiger partial charge in [0, 0.05) is 24.3 Å². The quantitative estimate of drug-likeness (QED) is 0.469. The monoisotopic (exact) mass is 278 g/mol. The van der Waals surface area contributed by atoms with Gasteiger partial charge in [0.15, 0.2) is 0 Å². The largest absolute Gasteiger partial charge is 0.481 e. The van der Waals surface area contributed by atoms with E-state index >= 15 is 0 Å². The Morgan fingerprint density at radius 2 is 1.83 bits per heavy atom. The van der Waals surface area contributed by atoms with Gasteiger partial charge in [-0.2, -0.15) is 0 Å². The van der Waals surface area contributed by atoms with E-state index in [-0.39, 0.29) is 30.2 Å². The number of carboxylic acids is 1. The Morgan fingerprint density at radius 3 is 2.44 bits per heavy atom. The van der Waals surface area contributed by atoms with Crippen molar-refractivity contribution in [1.82, 2.24) is 0 Å². The molecule has 1 saturated carbocycles. The van der Waals surface area contributed by atoms with Crippen molar-refractivity contribution in [3.05, 3.63) is 0 Å². The lowest BCUT2D eigenvalue weighted by Crippen LogP contribution is -2.24. The predicted octanol–water partition coefficient (Wildman–Crippen LogP) is 2.01. The predicted molar refractivity (Wildman–Crippen MR) is 69.7 cm³/mol. The Bertz CT molecular complexity index is 259. The molecule has 0 amide bonds. The van der Waals surface area contributed by atoms with Crippen molar-refractivity contribution < 1.29 is 20.1 Å². The van der Waals surface area contributed by atoms with Crippen molar-refractivity contribution in [2.45, 2.75) is 56.4 Å². The van der Waals surface area contributed by atoms with Gasteiger partial charge in [-0.05, 0) is 25.2 Å². The minimum absolute atomic E-state index is 0.00589. The fourth-order valence-corrected chi connectivity index (χ4v) is 3.29. The number of carbonyl (C=O) groups is 1. The van der Waals surface area contributed by atoms with E-state index in [2.05, 4.69) is 0 Å². The smallest absolute Gasteiger partial charge is 0.303 e. The molecule has 106 valence electrons. The molecule has 0 radical (unpaired) electrons. The molecule has 1 aliphatic carbocycles. The van der Waals surface area contributed by atoms with E-state index in [9.17, 15) is 15.0 Å². The van der Waals surface area contributed by atoms with Gasteiger partial charge >= 0.3 is 5.97 Å². The number of carboxylic acid groups (broad SMARTS) is 1. The third kappa shape index (κ3) is 4.75. The molecule has 18 heavy (non-hydrogen) atoms. The molecule has 0 aromatic carbocycles. The second kappa shape index (κ2) is 7.97. The number of alkyl halides is 1. The first kappa shape index (κ1) is 15.7. The Kier molecular flexibility index (Phi) is 6.97. The minimum Gasteiger partial charge on any atom is -0.481 e. The van der Waals surface area contributed by atoms with Gasteiger partial charge in [-0.3, -0.25) is 4.79 Å². The molecule has 4 nitrogen and oxygen atoms in total. The van der Waals surface area contributed by atoms with Crippen LogP contribution in [-0.2, 0) is 4.79 Å². The summed E-state index contributed by atoms with van der Waals surface area (Å²) in [6.45, 7) is -0.00589. The van der Waals surface area contributed by atoms with Gasteiger partial charge in [0.05, 0.1) is 6.10 Å². The zero-order valence-corrected chi connectivity index (χ0v) is 11.4. The molecule has 0 aromatic rings. The maximum Gasteiger partial charge on any atom is 0.303 e. The van der Waals surface area contributed by atoms with Crippen molar-refractivity contribution in [2.75, 3.05) is 6.61 Å². The van der Waals surface area contributed by atoms with Crippen molar-refractivity contribution in [1.29, 1.82) is 0 Å². The number of aliphatic carboxylic acids is 1. The van der Waals surface area contributed by atoms with E-state index in [4.69, 9.17) is 16.7 Å². The van der Waals surface area contributed by atoms with Gasteiger partial charge in [0.2, 0.25) is 0 Å². The highest BCUT2D eigenvalue weighted by Crippen LogP contribution is 2.39. The van der Waals surface area contributed by atoms with Gasteiger partial charge in [-0.15, -0.1) is 11.6 Å².